The van der Waals surface area contributed by atoms with E-state index in [1.807, 2.05) is 6.08 Å². The summed E-state index contributed by atoms with van der Waals surface area (Å²) in [5.41, 5.74) is 0. The summed E-state index contributed by atoms with van der Waals surface area (Å²) < 4.78 is 5.51. The monoisotopic (exact) mass is 1100 g/mol. The first-order valence-electron chi connectivity index (χ1n) is 35.6. The highest BCUT2D eigenvalue weighted by atomic mass is 16.5. The summed E-state index contributed by atoms with van der Waals surface area (Å²) >= 11 is 0. The molecule has 0 fully saturated rings. The summed E-state index contributed by atoms with van der Waals surface area (Å²) in [4.78, 5) is 24.6. The summed E-state index contributed by atoms with van der Waals surface area (Å²) in [6.45, 7) is 4.93. The molecule has 0 rings (SSSR count). The molecule has 0 saturated carbocycles. The van der Waals surface area contributed by atoms with Crippen LogP contribution in [-0.4, -0.2) is 47.4 Å². The molecule has 0 spiro atoms. The molecule has 2 unspecified atom stereocenters. The molecule has 0 aromatic heterocycles. The van der Waals surface area contributed by atoms with Gasteiger partial charge in [0.1, 0.15) is 0 Å². The van der Waals surface area contributed by atoms with Crippen LogP contribution in [0.15, 0.2) is 24.3 Å². The Labute approximate surface area is 488 Å². The third kappa shape index (κ3) is 63.5. The van der Waals surface area contributed by atoms with Crippen LogP contribution in [0.1, 0.15) is 399 Å². The molecule has 6 nitrogen and oxygen atoms in total. The number of esters is 1. The van der Waals surface area contributed by atoms with E-state index >= 15 is 0 Å². The van der Waals surface area contributed by atoms with E-state index in [2.05, 4.69) is 31.3 Å². The lowest BCUT2D eigenvalue weighted by atomic mass is 10.0. The van der Waals surface area contributed by atoms with Crippen LogP contribution in [0.4, 0.5) is 0 Å². The molecule has 0 aliphatic rings. The quantitative estimate of drug-likeness (QED) is 0.0320. The predicted molar refractivity (Wildman–Crippen MR) is 343 cm³/mol. The minimum Gasteiger partial charge on any atom is -0.466 e. The number of carbonyl (C=O) groups excluding carboxylic acids is 2. The molecular weight excluding hydrogens is 959 g/mol. The second-order valence-electron chi connectivity index (χ2n) is 24.6. The summed E-state index contributed by atoms with van der Waals surface area (Å²) in [7, 11) is 0. The topological polar surface area (TPSA) is 95.9 Å². The molecule has 0 heterocycles. The van der Waals surface area contributed by atoms with Crippen molar-refractivity contribution in [3.05, 3.63) is 24.3 Å². The molecule has 0 radical (unpaired) electrons. The van der Waals surface area contributed by atoms with Crippen molar-refractivity contribution in [1.82, 2.24) is 5.32 Å². The maximum Gasteiger partial charge on any atom is 0.305 e. The van der Waals surface area contributed by atoms with E-state index in [0.29, 0.717) is 19.4 Å². The van der Waals surface area contributed by atoms with Gasteiger partial charge in [0.15, 0.2) is 0 Å². The van der Waals surface area contributed by atoms with Gasteiger partial charge in [-0.25, -0.2) is 0 Å². The Bertz CT molecular complexity index is 1220. The molecule has 0 bridgehead atoms. The second-order valence-corrected chi connectivity index (χ2v) is 24.6. The summed E-state index contributed by atoms with van der Waals surface area (Å²) in [5, 5.41) is 23.2. The van der Waals surface area contributed by atoms with Crippen molar-refractivity contribution in [2.24, 2.45) is 0 Å². The highest BCUT2D eigenvalue weighted by molar-refractivity contribution is 5.76. The lowest BCUT2D eigenvalue weighted by Gasteiger charge is -2.20. The molecule has 1 amide bonds. The van der Waals surface area contributed by atoms with Gasteiger partial charge in [-0.05, 0) is 57.8 Å². The zero-order valence-electron chi connectivity index (χ0n) is 52.9. The number of unbranched alkanes of at least 4 members (excludes halogenated alkanes) is 54. The van der Waals surface area contributed by atoms with Crippen molar-refractivity contribution in [3.63, 3.8) is 0 Å². The van der Waals surface area contributed by atoms with Crippen LogP contribution in [0.25, 0.3) is 0 Å². The van der Waals surface area contributed by atoms with Crippen molar-refractivity contribution >= 4 is 11.9 Å². The van der Waals surface area contributed by atoms with Crippen molar-refractivity contribution < 1.29 is 24.5 Å². The van der Waals surface area contributed by atoms with Gasteiger partial charge in [-0.3, -0.25) is 9.59 Å². The van der Waals surface area contributed by atoms with Gasteiger partial charge in [-0.1, -0.05) is 353 Å². The fourth-order valence-corrected chi connectivity index (χ4v) is 11.3. The van der Waals surface area contributed by atoms with Gasteiger partial charge in [-0.15, -0.1) is 0 Å². The predicted octanol–water partition coefficient (Wildman–Crippen LogP) is 22.9. The van der Waals surface area contributed by atoms with E-state index in [0.717, 1.165) is 38.5 Å². The molecule has 2 atom stereocenters. The van der Waals surface area contributed by atoms with Gasteiger partial charge < -0.3 is 20.3 Å². The van der Waals surface area contributed by atoms with Crippen LogP contribution >= 0.6 is 0 Å². The Morgan fingerprint density at radius 3 is 0.910 bits per heavy atom. The minimum atomic E-state index is -0.842. The first kappa shape index (κ1) is 76.3. The third-order valence-corrected chi connectivity index (χ3v) is 16.7. The molecule has 0 aliphatic heterocycles. The number of carbonyl (C=O) groups is 2. The largest absolute Gasteiger partial charge is 0.466 e. The first-order valence-corrected chi connectivity index (χ1v) is 35.6. The summed E-state index contributed by atoms with van der Waals surface area (Å²) in [5.74, 6) is -0.0447. The average molecular weight is 1100 g/mol. The zero-order chi connectivity index (χ0) is 56.4. The SMILES string of the molecule is CCCCCCCC/C=C\CCCCCCCCCCCC(=O)OCCCCCCCCCCCCCCCCCCCCCCCCCCCCCC(=O)NC(CO)C(O)/C=C/CCCCCCCCCCCCCCC. The number of aliphatic hydroxyl groups excluding tert-OH is 2. The summed E-state index contributed by atoms with van der Waals surface area (Å²) in [6, 6.07) is -0.625. The van der Waals surface area contributed by atoms with E-state index in [1.54, 1.807) is 6.08 Å². The highest BCUT2D eigenvalue weighted by Gasteiger charge is 2.18. The van der Waals surface area contributed by atoms with Crippen LogP contribution in [0, 0.1) is 0 Å². The van der Waals surface area contributed by atoms with Gasteiger partial charge in [0.05, 0.1) is 25.4 Å². The molecule has 0 saturated heterocycles. The first-order chi connectivity index (χ1) is 38.5. The Hall–Kier alpha value is -1.66. The van der Waals surface area contributed by atoms with Crippen LogP contribution < -0.4 is 5.32 Å². The molecule has 0 aromatic carbocycles. The summed E-state index contributed by atoms with van der Waals surface area (Å²) in [6.07, 6.45) is 85.5. The number of hydrogen-bond donors (Lipinski definition) is 3. The van der Waals surface area contributed by atoms with Gasteiger partial charge in [-0.2, -0.15) is 0 Å². The Balaban J connectivity index is 3.34. The number of amides is 1. The lowest BCUT2D eigenvalue weighted by molar-refractivity contribution is -0.143. The van der Waals surface area contributed by atoms with E-state index in [9.17, 15) is 19.8 Å². The van der Waals surface area contributed by atoms with Crippen LogP contribution in [-0.2, 0) is 14.3 Å². The average Bonchev–Trinajstić information content (AvgIpc) is 3.44. The fourth-order valence-electron chi connectivity index (χ4n) is 11.3. The van der Waals surface area contributed by atoms with Crippen molar-refractivity contribution in [2.75, 3.05) is 13.2 Å². The third-order valence-electron chi connectivity index (χ3n) is 16.7. The molecule has 462 valence electrons. The Morgan fingerprint density at radius 1 is 0.346 bits per heavy atom. The number of aliphatic hydroxyl groups is 2. The van der Waals surface area contributed by atoms with Crippen molar-refractivity contribution in [3.8, 4) is 0 Å². The van der Waals surface area contributed by atoms with Crippen molar-refractivity contribution in [2.45, 2.75) is 411 Å². The number of hydrogen-bond acceptors (Lipinski definition) is 5. The molecule has 78 heavy (non-hydrogen) atoms. The Kier molecular flexibility index (Phi) is 66.4. The standard InChI is InChI=1S/C72H139NO5/c1-3-5-7-9-11-13-15-17-19-20-30-34-38-42-46-50-54-58-62-66-72(77)78-67-63-59-55-51-47-43-39-35-32-29-27-25-23-21-22-24-26-28-31-33-37-41-45-49-53-57-61-65-71(76)73-69(68-74)70(75)64-60-56-52-48-44-40-36-18-16-14-12-10-8-6-4-2/h17,19,60,64,69-70,74-75H,3-16,18,20-59,61-63,65-68H2,1-2H3,(H,73,76)/b19-17-,64-60+. The molecule has 3 N–H and O–H groups in total. The molecule has 0 aromatic rings. The minimum absolute atomic E-state index is 0.0180. The molecule has 6 heteroatoms. The van der Waals surface area contributed by atoms with Crippen LogP contribution in [0.5, 0.6) is 0 Å². The van der Waals surface area contributed by atoms with Gasteiger partial charge >= 0.3 is 5.97 Å². The molecular formula is C72H139NO5. The van der Waals surface area contributed by atoms with Gasteiger partial charge in [0.25, 0.3) is 0 Å². The van der Waals surface area contributed by atoms with E-state index in [-0.39, 0.29) is 18.5 Å². The smallest absolute Gasteiger partial charge is 0.305 e. The lowest BCUT2D eigenvalue weighted by Crippen LogP contribution is -2.45. The van der Waals surface area contributed by atoms with Gasteiger partial charge in [0, 0.05) is 12.8 Å². The van der Waals surface area contributed by atoms with Crippen LogP contribution in [0.2, 0.25) is 0 Å². The number of nitrogens with one attached hydrogen (secondary N) is 1. The van der Waals surface area contributed by atoms with E-state index < -0.39 is 12.1 Å². The highest BCUT2D eigenvalue weighted by Crippen LogP contribution is 2.19. The maximum absolute atomic E-state index is 12.5. The Morgan fingerprint density at radius 2 is 0.603 bits per heavy atom. The van der Waals surface area contributed by atoms with Gasteiger partial charge in [0.2, 0.25) is 5.91 Å². The number of rotatable bonds is 67. The normalized spacial score (nSPS) is 12.6. The van der Waals surface area contributed by atoms with E-state index in [4.69, 9.17) is 4.74 Å². The molecule has 0 aliphatic carbocycles. The maximum atomic E-state index is 12.5. The van der Waals surface area contributed by atoms with Crippen LogP contribution in [0.3, 0.4) is 0 Å². The number of ether oxygens (including phenoxy) is 1. The fraction of sp³-hybridized carbons (Fsp3) is 0.917. The number of allylic oxidation sites excluding steroid dienone is 3. The zero-order valence-corrected chi connectivity index (χ0v) is 52.9. The second kappa shape index (κ2) is 67.8. The van der Waals surface area contributed by atoms with E-state index in [1.165, 1.54) is 334 Å². The van der Waals surface area contributed by atoms with Crippen molar-refractivity contribution in [1.29, 1.82) is 0 Å².